The van der Waals surface area contributed by atoms with E-state index in [9.17, 15) is 9.59 Å². The summed E-state index contributed by atoms with van der Waals surface area (Å²) < 4.78 is 12.6. The maximum Gasteiger partial charge on any atom is 0.256 e. The van der Waals surface area contributed by atoms with Gasteiger partial charge < -0.3 is 29.9 Å². The van der Waals surface area contributed by atoms with Crippen LogP contribution >= 0.6 is 0 Å². The summed E-state index contributed by atoms with van der Waals surface area (Å²) in [6.07, 6.45) is 15.1. The minimum atomic E-state index is -0.174. The van der Waals surface area contributed by atoms with Gasteiger partial charge in [0.05, 0.1) is 43.1 Å². The first-order chi connectivity index (χ1) is 20.7. The van der Waals surface area contributed by atoms with Crippen molar-refractivity contribution in [1.29, 1.82) is 0 Å². The molecule has 8 unspecified atom stereocenters. The second kappa shape index (κ2) is 13.2. The maximum absolute atomic E-state index is 13.9. The van der Waals surface area contributed by atoms with Gasteiger partial charge in [-0.1, -0.05) is 25.7 Å². The van der Waals surface area contributed by atoms with Gasteiger partial charge in [0.1, 0.15) is 0 Å². The first kappa shape index (κ1) is 29.2. The van der Waals surface area contributed by atoms with Crippen molar-refractivity contribution in [2.45, 2.75) is 101 Å². The van der Waals surface area contributed by atoms with Gasteiger partial charge in [-0.25, -0.2) is 0 Å². The molecule has 8 atom stereocenters. The number of hydrogen-bond acceptors (Lipinski definition) is 8. The third kappa shape index (κ3) is 6.06. The number of fused-ring (bicyclic) bond motifs is 3. The monoisotopic (exact) mass is 583 g/mol. The fourth-order valence-corrected chi connectivity index (χ4v) is 9.53. The van der Waals surface area contributed by atoms with E-state index in [0.29, 0.717) is 12.1 Å². The van der Waals surface area contributed by atoms with Crippen LogP contribution in [-0.2, 0) is 19.1 Å². The molecule has 0 aromatic heterocycles. The van der Waals surface area contributed by atoms with Gasteiger partial charge in [0.2, 0.25) is 0 Å². The van der Waals surface area contributed by atoms with E-state index in [4.69, 9.17) is 9.47 Å². The SMILES string of the molecule is O=C(NCCN1CCCC1)C1=CN2C3CC4CCCCC4CC3OC3C(NCCCN4CCOCC4)CCC(C1=O)C32. The Labute approximate surface area is 252 Å². The highest BCUT2D eigenvalue weighted by Crippen LogP contribution is 2.49. The Morgan fingerprint density at radius 2 is 1.64 bits per heavy atom. The third-order valence-corrected chi connectivity index (χ3v) is 11.8. The van der Waals surface area contributed by atoms with Crippen LogP contribution in [0.4, 0.5) is 0 Å². The van der Waals surface area contributed by atoms with Crippen molar-refractivity contribution in [2.24, 2.45) is 17.8 Å². The number of morpholine rings is 2. The van der Waals surface area contributed by atoms with Gasteiger partial charge >= 0.3 is 0 Å². The predicted octanol–water partition coefficient (Wildman–Crippen LogP) is 2.16. The molecule has 9 heteroatoms. The van der Waals surface area contributed by atoms with Crippen molar-refractivity contribution in [3.8, 4) is 0 Å². The van der Waals surface area contributed by atoms with Crippen molar-refractivity contribution in [3.05, 3.63) is 11.8 Å². The number of amides is 1. The number of nitrogens with one attached hydrogen (secondary N) is 2. The molecule has 9 nitrogen and oxygen atoms in total. The highest BCUT2D eigenvalue weighted by Gasteiger charge is 2.57. The molecule has 3 aliphatic carbocycles. The highest BCUT2D eigenvalue weighted by atomic mass is 16.5. The van der Waals surface area contributed by atoms with E-state index in [1.807, 2.05) is 6.20 Å². The molecular formula is C33H53N5O4. The summed E-state index contributed by atoms with van der Waals surface area (Å²) in [6, 6.07) is 0.555. The molecule has 234 valence electrons. The Morgan fingerprint density at radius 3 is 2.45 bits per heavy atom. The molecule has 0 aromatic carbocycles. The van der Waals surface area contributed by atoms with Crippen molar-refractivity contribution in [2.75, 3.05) is 65.6 Å². The molecule has 0 bridgehead atoms. The lowest BCUT2D eigenvalue weighted by Gasteiger charge is -2.60. The number of ketones is 1. The Kier molecular flexibility index (Phi) is 9.20. The number of ether oxygens (including phenoxy) is 2. The summed E-state index contributed by atoms with van der Waals surface area (Å²) >= 11 is 0. The highest BCUT2D eigenvalue weighted by molar-refractivity contribution is 6.20. The molecule has 6 fully saturated rings. The molecule has 3 saturated heterocycles. The molecule has 0 aromatic rings. The minimum absolute atomic E-state index is 0.00601. The van der Waals surface area contributed by atoms with E-state index >= 15 is 0 Å². The molecule has 0 spiro atoms. The first-order valence-corrected chi connectivity index (χ1v) is 17.4. The summed E-state index contributed by atoms with van der Waals surface area (Å²) in [5.41, 5.74) is 0.389. The summed E-state index contributed by atoms with van der Waals surface area (Å²) in [5, 5.41) is 6.99. The number of carbonyl (C=O) groups is 2. The van der Waals surface area contributed by atoms with Crippen LogP contribution in [0.2, 0.25) is 0 Å². The van der Waals surface area contributed by atoms with E-state index in [-0.39, 0.29) is 47.9 Å². The van der Waals surface area contributed by atoms with E-state index in [1.54, 1.807) is 0 Å². The maximum atomic E-state index is 13.9. The second-order valence-electron chi connectivity index (χ2n) is 14.2. The van der Waals surface area contributed by atoms with Crippen LogP contribution in [0, 0.1) is 17.8 Å². The molecule has 0 radical (unpaired) electrons. The normalized spacial score (nSPS) is 38.8. The lowest BCUT2D eigenvalue weighted by molar-refractivity contribution is -0.200. The lowest BCUT2D eigenvalue weighted by Crippen LogP contribution is -2.71. The number of Topliss-reactive ketones (excluding diaryl/α,β-unsaturated/α-hetero) is 1. The fourth-order valence-electron chi connectivity index (χ4n) is 9.53. The van der Waals surface area contributed by atoms with Gasteiger partial charge in [0, 0.05) is 44.3 Å². The Bertz CT molecular complexity index is 995. The summed E-state index contributed by atoms with van der Waals surface area (Å²) in [7, 11) is 0. The van der Waals surface area contributed by atoms with Crippen LogP contribution in [0.25, 0.3) is 0 Å². The molecule has 4 heterocycles. The lowest BCUT2D eigenvalue weighted by atomic mass is 9.65. The van der Waals surface area contributed by atoms with Crippen molar-refractivity contribution in [3.63, 3.8) is 0 Å². The van der Waals surface area contributed by atoms with Gasteiger partial charge in [-0.3, -0.25) is 14.5 Å². The number of likely N-dealkylation sites (tertiary alicyclic amines) is 1. The standard InChI is InChI=1S/C33H53N5O4/c39-31-25-8-9-27(34-10-5-14-37-16-18-41-19-17-37)32-30(25)38(22-26(31)33(40)35-11-15-36-12-3-4-13-36)28-20-23-6-1-2-7-24(23)21-29(28)42-32/h22-25,27-30,32,34H,1-21H2,(H,35,40). The molecule has 2 N–H and O–H groups in total. The van der Waals surface area contributed by atoms with Gasteiger partial charge in [0.25, 0.3) is 5.91 Å². The summed E-state index contributed by atoms with van der Waals surface area (Å²) in [4.78, 5) is 34.8. The van der Waals surface area contributed by atoms with Gasteiger partial charge in [-0.2, -0.15) is 0 Å². The molecule has 4 aliphatic heterocycles. The number of hydrogen-bond donors (Lipinski definition) is 2. The third-order valence-electron chi connectivity index (χ3n) is 11.8. The van der Waals surface area contributed by atoms with Gasteiger partial charge in [0.15, 0.2) is 5.78 Å². The van der Waals surface area contributed by atoms with E-state index in [1.165, 1.54) is 38.5 Å². The Morgan fingerprint density at radius 1 is 0.881 bits per heavy atom. The molecule has 1 amide bonds. The largest absolute Gasteiger partial charge is 0.379 e. The Balaban J connectivity index is 1.06. The molecule has 3 saturated carbocycles. The smallest absolute Gasteiger partial charge is 0.256 e. The summed E-state index contributed by atoms with van der Waals surface area (Å²) in [6.45, 7) is 9.51. The first-order valence-electron chi connectivity index (χ1n) is 17.4. The van der Waals surface area contributed by atoms with Crippen molar-refractivity contribution >= 4 is 11.7 Å². The molecular weight excluding hydrogens is 530 g/mol. The average molecular weight is 584 g/mol. The van der Waals surface area contributed by atoms with Gasteiger partial charge in [-0.05, 0) is 83.0 Å². The zero-order valence-corrected chi connectivity index (χ0v) is 25.5. The number of carbonyl (C=O) groups excluding carboxylic acids is 2. The molecule has 42 heavy (non-hydrogen) atoms. The zero-order chi connectivity index (χ0) is 28.5. The Hall–Kier alpha value is -1.52. The number of nitrogens with zero attached hydrogens (tertiary/aromatic N) is 3. The molecule has 7 rings (SSSR count). The quantitative estimate of drug-likeness (QED) is 0.316. The zero-order valence-electron chi connectivity index (χ0n) is 25.5. The van der Waals surface area contributed by atoms with E-state index in [2.05, 4.69) is 25.3 Å². The van der Waals surface area contributed by atoms with Crippen LogP contribution in [0.1, 0.15) is 70.6 Å². The van der Waals surface area contributed by atoms with Crippen LogP contribution in [0.3, 0.4) is 0 Å². The van der Waals surface area contributed by atoms with Crippen LogP contribution in [-0.4, -0.2) is 122 Å². The number of rotatable bonds is 9. The summed E-state index contributed by atoms with van der Waals surface area (Å²) in [5.74, 6) is 1.22. The van der Waals surface area contributed by atoms with Crippen LogP contribution in [0.5, 0.6) is 0 Å². The van der Waals surface area contributed by atoms with E-state index < -0.39 is 0 Å². The fraction of sp³-hybridized carbons (Fsp3) is 0.879. The minimum Gasteiger partial charge on any atom is -0.379 e. The predicted molar refractivity (Wildman–Crippen MR) is 161 cm³/mol. The van der Waals surface area contributed by atoms with E-state index in [0.717, 1.165) is 103 Å². The average Bonchev–Trinajstić information content (AvgIpc) is 3.54. The van der Waals surface area contributed by atoms with Crippen molar-refractivity contribution < 1.29 is 19.1 Å². The van der Waals surface area contributed by atoms with Crippen LogP contribution in [0.15, 0.2) is 11.8 Å². The van der Waals surface area contributed by atoms with Crippen LogP contribution < -0.4 is 10.6 Å². The topological polar surface area (TPSA) is 86.4 Å². The molecule has 7 aliphatic rings. The second-order valence-corrected chi connectivity index (χ2v) is 14.2. The van der Waals surface area contributed by atoms with Gasteiger partial charge in [-0.15, -0.1) is 0 Å². The van der Waals surface area contributed by atoms with Crippen molar-refractivity contribution in [1.82, 2.24) is 25.3 Å².